The van der Waals surface area contributed by atoms with E-state index in [4.69, 9.17) is 0 Å². The molecule has 2 amide bonds. The summed E-state index contributed by atoms with van der Waals surface area (Å²) in [5.74, 6) is 0.732. The summed E-state index contributed by atoms with van der Waals surface area (Å²) < 4.78 is 0. The van der Waals surface area contributed by atoms with Gasteiger partial charge in [-0.25, -0.2) is 4.79 Å². The van der Waals surface area contributed by atoms with Crippen LogP contribution in [0.15, 0.2) is 0 Å². The zero-order valence-electron chi connectivity index (χ0n) is 10.8. The molecule has 1 N–H and O–H groups in total. The number of nitrogens with one attached hydrogen (secondary N) is 1. The lowest BCUT2D eigenvalue weighted by atomic mass is 10.1. The average molecular weight is 226 g/mol. The molecule has 94 valence electrons. The minimum Gasteiger partial charge on any atom is -0.338 e. The zero-order chi connectivity index (χ0) is 11.8. The van der Waals surface area contributed by atoms with Gasteiger partial charge in [0.1, 0.15) is 0 Å². The third-order valence-electron chi connectivity index (χ3n) is 3.13. The first-order chi connectivity index (χ1) is 7.70. The van der Waals surface area contributed by atoms with Crippen LogP contribution in [0.5, 0.6) is 0 Å². The van der Waals surface area contributed by atoms with Crippen molar-refractivity contribution < 1.29 is 4.79 Å². The summed E-state index contributed by atoms with van der Waals surface area (Å²) in [5, 5.41) is 3.02. The second-order valence-corrected chi connectivity index (χ2v) is 5.17. The van der Waals surface area contributed by atoms with Crippen molar-refractivity contribution in [2.75, 3.05) is 19.6 Å². The van der Waals surface area contributed by atoms with Gasteiger partial charge in [-0.05, 0) is 31.6 Å². The maximum absolute atomic E-state index is 11.8. The van der Waals surface area contributed by atoms with Crippen molar-refractivity contribution in [3.05, 3.63) is 0 Å². The van der Waals surface area contributed by atoms with E-state index in [1.807, 2.05) is 4.90 Å². The molecule has 0 bridgehead atoms. The lowest BCUT2D eigenvalue weighted by molar-refractivity contribution is 0.199. The molecule has 0 aromatic rings. The highest BCUT2D eigenvalue weighted by molar-refractivity contribution is 5.74. The van der Waals surface area contributed by atoms with Crippen LogP contribution in [0.3, 0.4) is 0 Å². The Morgan fingerprint density at radius 3 is 2.38 bits per heavy atom. The summed E-state index contributed by atoms with van der Waals surface area (Å²) in [6, 6.07) is 0.144. The molecule has 16 heavy (non-hydrogen) atoms. The Hall–Kier alpha value is -0.730. The van der Waals surface area contributed by atoms with Crippen LogP contribution in [-0.2, 0) is 0 Å². The van der Waals surface area contributed by atoms with Crippen LogP contribution >= 0.6 is 0 Å². The molecule has 0 aliphatic carbocycles. The molecule has 1 heterocycles. The number of likely N-dealkylation sites (tertiary alicyclic amines) is 1. The van der Waals surface area contributed by atoms with Gasteiger partial charge in [0.2, 0.25) is 0 Å². The van der Waals surface area contributed by atoms with Crippen molar-refractivity contribution in [1.82, 2.24) is 10.2 Å². The summed E-state index contributed by atoms with van der Waals surface area (Å²) in [4.78, 5) is 13.8. The van der Waals surface area contributed by atoms with E-state index in [2.05, 4.69) is 19.2 Å². The lowest BCUT2D eigenvalue weighted by Crippen LogP contribution is -2.40. The van der Waals surface area contributed by atoms with E-state index in [-0.39, 0.29) is 6.03 Å². The summed E-state index contributed by atoms with van der Waals surface area (Å²) in [6.45, 7) is 7.15. The summed E-state index contributed by atoms with van der Waals surface area (Å²) in [7, 11) is 0. The third kappa shape index (κ3) is 5.38. The van der Waals surface area contributed by atoms with E-state index in [0.29, 0.717) is 0 Å². The molecule has 0 saturated carbocycles. The Balaban J connectivity index is 2.13. The van der Waals surface area contributed by atoms with Crippen LogP contribution in [0.2, 0.25) is 0 Å². The number of nitrogens with zero attached hydrogens (tertiary/aromatic N) is 1. The van der Waals surface area contributed by atoms with Gasteiger partial charge in [-0.2, -0.15) is 0 Å². The maximum Gasteiger partial charge on any atom is 0.317 e. The van der Waals surface area contributed by atoms with Gasteiger partial charge >= 0.3 is 6.03 Å². The predicted molar refractivity (Wildman–Crippen MR) is 67.5 cm³/mol. The molecule has 0 atom stereocenters. The van der Waals surface area contributed by atoms with Crippen LogP contribution in [0.4, 0.5) is 4.79 Å². The smallest absolute Gasteiger partial charge is 0.317 e. The molecule has 0 aromatic heterocycles. The van der Waals surface area contributed by atoms with Gasteiger partial charge in [-0.3, -0.25) is 0 Å². The van der Waals surface area contributed by atoms with Crippen molar-refractivity contribution in [3.8, 4) is 0 Å². The summed E-state index contributed by atoms with van der Waals surface area (Å²) in [5.41, 5.74) is 0. The van der Waals surface area contributed by atoms with E-state index in [1.54, 1.807) is 0 Å². The van der Waals surface area contributed by atoms with Crippen molar-refractivity contribution in [3.63, 3.8) is 0 Å². The minimum absolute atomic E-state index is 0.144. The first kappa shape index (κ1) is 13.3. The number of carbonyl (C=O) groups is 1. The van der Waals surface area contributed by atoms with Gasteiger partial charge in [0.05, 0.1) is 0 Å². The summed E-state index contributed by atoms with van der Waals surface area (Å²) in [6.07, 6.45) is 7.17. The van der Waals surface area contributed by atoms with Gasteiger partial charge in [0, 0.05) is 19.6 Å². The standard InChI is InChI=1S/C13H26N2O/c1-12(2)8-7-9-14-13(16)15-10-5-3-4-6-11-15/h12H,3-11H2,1-2H3,(H,14,16). The van der Waals surface area contributed by atoms with Gasteiger partial charge in [0.25, 0.3) is 0 Å². The van der Waals surface area contributed by atoms with Gasteiger partial charge in [0.15, 0.2) is 0 Å². The van der Waals surface area contributed by atoms with Crippen molar-refractivity contribution in [2.24, 2.45) is 5.92 Å². The maximum atomic E-state index is 11.8. The van der Waals surface area contributed by atoms with Crippen molar-refractivity contribution in [2.45, 2.75) is 52.4 Å². The average Bonchev–Trinajstić information content (AvgIpc) is 2.52. The topological polar surface area (TPSA) is 32.3 Å². The first-order valence-corrected chi connectivity index (χ1v) is 6.73. The number of amides is 2. The van der Waals surface area contributed by atoms with E-state index in [1.165, 1.54) is 32.1 Å². The van der Waals surface area contributed by atoms with Crippen LogP contribution in [-0.4, -0.2) is 30.6 Å². The van der Waals surface area contributed by atoms with E-state index in [9.17, 15) is 4.79 Å². The SMILES string of the molecule is CC(C)CCCNC(=O)N1CCCCCC1. The van der Waals surface area contributed by atoms with E-state index in [0.717, 1.165) is 32.0 Å². The Morgan fingerprint density at radius 2 is 1.81 bits per heavy atom. The Kier molecular flexibility index (Phi) is 6.27. The molecule has 1 saturated heterocycles. The van der Waals surface area contributed by atoms with Crippen molar-refractivity contribution >= 4 is 6.03 Å². The largest absolute Gasteiger partial charge is 0.338 e. The highest BCUT2D eigenvalue weighted by Gasteiger charge is 2.14. The van der Waals surface area contributed by atoms with E-state index >= 15 is 0 Å². The molecular weight excluding hydrogens is 200 g/mol. The van der Waals surface area contributed by atoms with Crippen LogP contribution in [0, 0.1) is 5.92 Å². The Morgan fingerprint density at radius 1 is 1.19 bits per heavy atom. The zero-order valence-corrected chi connectivity index (χ0v) is 10.8. The molecule has 1 aliphatic heterocycles. The fourth-order valence-corrected chi connectivity index (χ4v) is 2.09. The summed E-state index contributed by atoms with van der Waals surface area (Å²) >= 11 is 0. The first-order valence-electron chi connectivity index (χ1n) is 6.73. The van der Waals surface area contributed by atoms with Gasteiger partial charge in [-0.1, -0.05) is 26.7 Å². The normalized spacial score (nSPS) is 17.3. The molecular formula is C13H26N2O. The van der Waals surface area contributed by atoms with Crippen LogP contribution in [0.1, 0.15) is 52.4 Å². The van der Waals surface area contributed by atoms with Crippen LogP contribution < -0.4 is 5.32 Å². The van der Waals surface area contributed by atoms with Gasteiger partial charge < -0.3 is 10.2 Å². The second-order valence-electron chi connectivity index (χ2n) is 5.17. The molecule has 3 nitrogen and oxygen atoms in total. The second kappa shape index (κ2) is 7.53. The molecule has 1 aliphatic rings. The quantitative estimate of drug-likeness (QED) is 0.734. The van der Waals surface area contributed by atoms with Crippen LogP contribution in [0.25, 0.3) is 0 Å². The number of rotatable bonds is 4. The number of hydrogen-bond donors (Lipinski definition) is 1. The fourth-order valence-electron chi connectivity index (χ4n) is 2.09. The fraction of sp³-hybridized carbons (Fsp3) is 0.923. The predicted octanol–water partition coefficient (Wildman–Crippen LogP) is 3.01. The molecule has 0 aromatic carbocycles. The lowest BCUT2D eigenvalue weighted by Gasteiger charge is -2.20. The number of hydrogen-bond acceptors (Lipinski definition) is 1. The van der Waals surface area contributed by atoms with E-state index < -0.39 is 0 Å². The molecule has 0 unspecified atom stereocenters. The molecule has 3 heteroatoms. The molecule has 0 spiro atoms. The highest BCUT2D eigenvalue weighted by atomic mass is 16.2. The number of urea groups is 1. The minimum atomic E-state index is 0.144. The molecule has 0 radical (unpaired) electrons. The van der Waals surface area contributed by atoms with Crippen molar-refractivity contribution in [1.29, 1.82) is 0 Å². The third-order valence-corrected chi connectivity index (χ3v) is 3.13. The number of carbonyl (C=O) groups excluding carboxylic acids is 1. The Bertz CT molecular complexity index is 196. The highest BCUT2D eigenvalue weighted by Crippen LogP contribution is 2.09. The Labute approximate surface area is 99.6 Å². The molecule has 1 fully saturated rings. The monoisotopic (exact) mass is 226 g/mol. The van der Waals surface area contributed by atoms with Gasteiger partial charge in [-0.15, -0.1) is 0 Å². The molecule has 1 rings (SSSR count).